The average Bonchev–Trinajstić information content (AvgIpc) is 2.99. The quantitative estimate of drug-likeness (QED) is 0.724. The molecule has 1 amide bonds. The van der Waals surface area contributed by atoms with Gasteiger partial charge in [0.2, 0.25) is 0 Å². The van der Waals surface area contributed by atoms with Crippen molar-refractivity contribution in [1.82, 2.24) is 14.7 Å². The lowest BCUT2D eigenvalue weighted by Gasteiger charge is -2.23. The van der Waals surface area contributed by atoms with Gasteiger partial charge < -0.3 is 19.8 Å². The second-order valence-corrected chi connectivity index (χ2v) is 6.85. The third-order valence-electron chi connectivity index (χ3n) is 4.64. The van der Waals surface area contributed by atoms with E-state index in [1.165, 1.54) is 0 Å². The van der Waals surface area contributed by atoms with Gasteiger partial charge in [-0.2, -0.15) is 0 Å². The molecule has 0 saturated carbocycles. The van der Waals surface area contributed by atoms with Gasteiger partial charge in [0.05, 0.1) is 18.4 Å². The number of nitrogens with one attached hydrogen (secondary N) is 2. The molecule has 1 aromatic carbocycles. The summed E-state index contributed by atoms with van der Waals surface area (Å²) in [5.41, 5.74) is 2.59. The number of morpholine rings is 1. The smallest absolute Gasteiger partial charge is 0.276 e. The second-order valence-electron chi connectivity index (χ2n) is 6.85. The number of imidazole rings is 1. The number of fused-ring (bicyclic) bond motifs is 1. The second kappa shape index (κ2) is 7.65. The van der Waals surface area contributed by atoms with E-state index in [1.54, 1.807) is 0 Å². The van der Waals surface area contributed by atoms with Gasteiger partial charge in [0.15, 0.2) is 5.69 Å². The van der Waals surface area contributed by atoms with Crippen LogP contribution in [0.2, 0.25) is 0 Å². The van der Waals surface area contributed by atoms with Crippen LogP contribution in [0.5, 0.6) is 0 Å². The number of carbonyl (C=O) groups is 1. The van der Waals surface area contributed by atoms with Crippen molar-refractivity contribution in [3.63, 3.8) is 0 Å². The Balaban J connectivity index is 1.69. The third-order valence-corrected chi connectivity index (χ3v) is 4.64. The minimum absolute atomic E-state index is 0.0391. The predicted molar refractivity (Wildman–Crippen MR) is 101 cm³/mol. The maximum atomic E-state index is 13.4. The highest BCUT2D eigenvalue weighted by Gasteiger charge is 2.24. The monoisotopic (exact) mass is 386 g/mol. The Hall–Kier alpha value is -2.84. The molecule has 146 valence electrons. The van der Waals surface area contributed by atoms with Crippen molar-refractivity contribution in [1.29, 1.82) is 0 Å². The molecule has 0 aliphatic carbocycles. The molecule has 6 nitrogen and oxygen atoms in total. The lowest BCUT2D eigenvalue weighted by molar-refractivity contribution is 0.0284. The highest BCUT2D eigenvalue weighted by molar-refractivity contribution is 6.04. The van der Waals surface area contributed by atoms with Crippen LogP contribution in [0.15, 0.2) is 36.5 Å². The Morgan fingerprint density at radius 2 is 2.11 bits per heavy atom. The number of nitrogens with zero attached hydrogens (tertiary/aromatic N) is 2. The maximum absolute atomic E-state index is 13.4. The van der Waals surface area contributed by atoms with Crippen molar-refractivity contribution in [2.75, 3.05) is 25.0 Å². The number of rotatable bonds is 4. The van der Waals surface area contributed by atoms with Crippen LogP contribution in [-0.2, 0) is 11.2 Å². The number of halogens is 2. The van der Waals surface area contributed by atoms with Crippen LogP contribution in [0.4, 0.5) is 14.5 Å². The van der Waals surface area contributed by atoms with Crippen LogP contribution in [0.25, 0.3) is 5.65 Å². The molecule has 0 spiro atoms. The minimum Gasteiger partial charge on any atom is -0.375 e. The van der Waals surface area contributed by atoms with Crippen LogP contribution in [0.1, 0.15) is 21.7 Å². The highest BCUT2D eigenvalue weighted by atomic mass is 19.1. The number of hydrogen-bond acceptors (Lipinski definition) is 4. The first-order valence-electron chi connectivity index (χ1n) is 9.07. The van der Waals surface area contributed by atoms with Crippen molar-refractivity contribution in [2.45, 2.75) is 19.4 Å². The van der Waals surface area contributed by atoms with E-state index in [9.17, 15) is 13.6 Å². The predicted octanol–water partition coefficient (Wildman–Crippen LogP) is 2.70. The van der Waals surface area contributed by atoms with Crippen molar-refractivity contribution >= 4 is 17.2 Å². The molecule has 1 aliphatic rings. The average molecular weight is 386 g/mol. The number of aromatic nitrogens is 2. The van der Waals surface area contributed by atoms with E-state index in [0.717, 1.165) is 30.3 Å². The number of carbonyl (C=O) groups excluding carboxylic acids is 1. The van der Waals surface area contributed by atoms with Gasteiger partial charge in [0, 0.05) is 37.5 Å². The first-order valence-corrected chi connectivity index (χ1v) is 9.07. The first kappa shape index (κ1) is 18.5. The minimum atomic E-state index is -0.761. The van der Waals surface area contributed by atoms with E-state index in [-0.39, 0.29) is 17.5 Å². The summed E-state index contributed by atoms with van der Waals surface area (Å²) < 4.78 is 34.5. The molecular weight excluding hydrogens is 366 g/mol. The summed E-state index contributed by atoms with van der Waals surface area (Å²) in [5, 5.41) is 5.81. The van der Waals surface area contributed by atoms with Crippen molar-refractivity contribution in [3.8, 4) is 0 Å². The molecular formula is C20H20F2N4O2. The van der Waals surface area contributed by atoms with Gasteiger partial charge in [-0.25, -0.2) is 13.8 Å². The standard InChI is InChI=1S/C20H20F2N4O2/c1-12-2-4-26-17(10-16-11-23-3-5-28-16)19(25-18(26)6-12)20(27)24-15-8-13(21)7-14(22)9-15/h2,4,6-9,16,23H,3,5,10-11H2,1H3,(H,24,27). The highest BCUT2D eigenvalue weighted by Crippen LogP contribution is 2.20. The van der Waals surface area contributed by atoms with E-state index in [1.807, 2.05) is 29.7 Å². The zero-order chi connectivity index (χ0) is 19.7. The Bertz CT molecular complexity index is 1010. The molecule has 28 heavy (non-hydrogen) atoms. The summed E-state index contributed by atoms with van der Waals surface area (Å²) in [6, 6.07) is 6.69. The molecule has 3 aromatic rings. The van der Waals surface area contributed by atoms with Crippen molar-refractivity contribution < 1.29 is 18.3 Å². The Morgan fingerprint density at radius 1 is 1.32 bits per heavy atom. The molecule has 1 fully saturated rings. The van der Waals surface area contributed by atoms with Crippen LogP contribution < -0.4 is 10.6 Å². The molecule has 0 radical (unpaired) electrons. The van der Waals surface area contributed by atoms with E-state index >= 15 is 0 Å². The lowest BCUT2D eigenvalue weighted by atomic mass is 10.1. The van der Waals surface area contributed by atoms with E-state index < -0.39 is 17.5 Å². The molecule has 4 rings (SSSR count). The Kier molecular flexibility index (Phi) is 5.06. The van der Waals surface area contributed by atoms with E-state index in [2.05, 4.69) is 15.6 Å². The van der Waals surface area contributed by atoms with Crippen molar-refractivity contribution in [2.24, 2.45) is 0 Å². The molecule has 1 atom stereocenters. The third kappa shape index (κ3) is 3.88. The van der Waals surface area contributed by atoms with Crippen LogP contribution in [0.3, 0.4) is 0 Å². The van der Waals surface area contributed by atoms with E-state index in [4.69, 9.17) is 4.74 Å². The van der Waals surface area contributed by atoms with Gasteiger partial charge in [-0.1, -0.05) is 0 Å². The van der Waals surface area contributed by atoms with Gasteiger partial charge in [0.25, 0.3) is 5.91 Å². The fourth-order valence-corrected chi connectivity index (χ4v) is 3.36. The maximum Gasteiger partial charge on any atom is 0.276 e. The summed E-state index contributed by atoms with van der Waals surface area (Å²) in [6.07, 6.45) is 2.26. The number of hydrogen-bond donors (Lipinski definition) is 2. The number of pyridine rings is 1. The first-order chi connectivity index (χ1) is 13.5. The topological polar surface area (TPSA) is 67.7 Å². The van der Waals surface area contributed by atoms with Gasteiger partial charge in [0.1, 0.15) is 17.3 Å². The Morgan fingerprint density at radius 3 is 2.82 bits per heavy atom. The molecule has 0 bridgehead atoms. The number of benzene rings is 1. The molecule has 1 saturated heterocycles. The largest absolute Gasteiger partial charge is 0.375 e. The molecule has 3 heterocycles. The van der Waals surface area contributed by atoms with Gasteiger partial charge in [-0.05, 0) is 36.8 Å². The fraction of sp³-hybridized carbons (Fsp3) is 0.300. The van der Waals surface area contributed by atoms with E-state index in [0.29, 0.717) is 30.9 Å². The zero-order valence-corrected chi connectivity index (χ0v) is 15.3. The van der Waals surface area contributed by atoms with Crippen LogP contribution in [0, 0.1) is 18.6 Å². The fourth-order valence-electron chi connectivity index (χ4n) is 3.36. The molecule has 2 aromatic heterocycles. The van der Waals surface area contributed by atoms with Crippen LogP contribution in [-0.4, -0.2) is 41.1 Å². The summed E-state index contributed by atoms with van der Waals surface area (Å²) in [7, 11) is 0. The molecule has 1 unspecified atom stereocenters. The van der Waals surface area contributed by atoms with Crippen molar-refractivity contribution in [3.05, 3.63) is 65.1 Å². The number of ether oxygens (including phenoxy) is 1. The summed E-state index contributed by atoms with van der Waals surface area (Å²) in [6.45, 7) is 4.01. The number of aryl methyl sites for hydroxylation is 1. The van der Waals surface area contributed by atoms with Gasteiger partial charge in [-0.15, -0.1) is 0 Å². The summed E-state index contributed by atoms with van der Waals surface area (Å²) in [4.78, 5) is 17.3. The molecule has 8 heteroatoms. The van der Waals surface area contributed by atoms with Crippen LogP contribution >= 0.6 is 0 Å². The molecule has 1 aliphatic heterocycles. The van der Waals surface area contributed by atoms with Gasteiger partial charge >= 0.3 is 0 Å². The Labute approximate surface area is 160 Å². The lowest BCUT2D eigenvalue weighted by Crippen LogP contribution is -2.40. The zero-order valence-electron chi connectivity index (χ0n) is 15.3. The van der Waals surface area contributed by atoms with Gasteiger partial charge in [-0.3, -0.25) is 4.79 Å². The number of amides is 1. The SMILES string of the molecule is Cc1ccn2c(CC3CNCCO3)c(C(=O)Nc3cc(F)cc(F)c3)nc2c1. The summed E-state index contributed by atoms with van der Waals surface area (Å²) in [5.74, 6) is -2.05. The number of anilines is 1. The summed E-state index contributed by atoms with van der Waals surface area (Å²) >= 11 is 0. The molecule has 2 N–H and O–H groups in total. The normalized spacial score (nSPS) is 17.0.